The van der Waals surface area contributed by atoms with Gasteiger partial charge in [-0.3, -0.25) is 0 Å². The second kappa shape index (κ2) is 6.86. The van der Waals surface area contributed by atoms with Crippen molar-refractivity contribution in [2.45, 2.75) is 19.9 Å². The summed E-state index contributed by atoms with van der Waals surface area (Å²) in [6.07, 6.45) is 1.07. The van der Waals surface area contributed by atoms with Gasteiger partial charge in [0.1, 0.15) is 4.99 Å². The summed E-state index contributed by atoms with van der Waals surface area (Å²) in [4.78, 5) is 0.410. The van der Waals surface area contributed by atoms with E-state index in [1.54, 1.807) is 0 Å². The smallest absolute Gasteiger partial charge is 0.104 e. The fraction of sp³-hybridized carbons (Fsp3) is 0.188. The highest BCUT2D eigenvalue weighted by molar-refractivity contribution is 9.10. The number of nitrogens with two attached hydrogens (primary N) is 1. The number of thiocarbonyl (C=S) groups is 1. The van der Waals surface area contributed by atoms with Crippen LogP contribution in [0.3, 0.4) is 0 Å². The van der Waals surface area contributed by atoms with Gasteiger partial charge in [-0.2, -0.15) is 0 Å². The minimum absolute atomic E-state index is 0.410. The van der Waals surface area contributed by atoms with Gasteiger partial charge in [0.25, 0.3) is 0 Å². The van der Waals surface area contributed by atoms with Crippen LogP contribution in [-0.4, -0.2) is 4.99 Å². The molecule has 0 radical (unpaired) electrons. The summed E-state index contributed by atoms with van der Waals surface area (Å²) in [5.74, 6) is 0. The van der Waals surface area contributed by atoms with E-state index < -0.39 is 0 Å². The van der Waals surface area contributed by atoms with Crippen molar-refractivity contribution in [3.05, 3.63) is 63.6 Å². The predicted molar refractivity (Wildman–Crippen MR) is 93.2 cm³/mol. The average Bonchev–Trinajstić information content (AvgIpc) is 2.46. The van der Waals surface area contributed by atoms with E-state index in [1.165, 1.54) is 11.1 Å². The van der Waals surface area contributed by atoms with Gasteiger partial charge in [-0.25, -0.2) is 0 Å². The molecule has 0 aliphatic heterocycles. The zero-order chi connectivity index (χ0) is 14.5. The molecule has 2 aromatic rings. The third-order valence-corrected chi connectivity index (χ3v) is 4.06. The fourth-order valence-electron chi connectivity index (χ4n) is 1.90. The van der Waals surface area contributed by atoms with Crippen LogP contribution in [0.15, 0.2) is 46.9 Å². The van der Waals surface area contributed by atoms with Crippen LogP contribution in [0.4, 0.5) is 5.69 Å². The van der Waals surface area contributed by atoms with E-state index in [4.69, 9.17) is 18.0 Å². The Morgan fingerprint density at radius 2 is 1.80 bits per heavy atom. The quantitative estimate of drug-likeness (QED) is 0.793. The highest BCUT2D eigenvalue weighted by Gasteiger charge is 2.03. The zero-order valence-corrected chi connectivity index (χ0v) is 13.7. The normalized spacial score (nSPS) is 10.3. The van der Waals surface area contributed by atoms with Crippen molar-refractivity contribution in [1.29, 1.82) is 0 Å². The molecular weight excluding hydrogens is 332 g/mol. The molecule has 4 heteroatoms. The van der Waals surface area contributed by atoms with Crippen LogP contribution in [0.25, 0.3) is 0 Å². The third kappa shape index (κ3) is 3.81. The van der Waals surface area contributed by atoms with Crippen molar-refractivity contribution in [1.82, 2.24) is 0 Å². The number of anilines is 1. The molecule has 0 aliphatic carbocycles. The number of aryl methyl sites for hydroxylation is 1. The Bertz CT molecular complexity index is 608. The van der Waals surface area contributed by atoms with E-state index >= 15 is 0 Å². The van der Waals surface area contributed by atoms with Crippen molar-refractivity contribution in [3.8, 4) is 0 Å². The van der Waals surface area contributed by atoms with Gasteiger partial charge in [0.05, 0.1) is 0 Å². The predicted octanol–water partition coefficient (Wildman–Crippen LogP) is 4.26. The fourth-order valence-corrected chi connectivity index (χ4v) is 2.55. The third-order valence-electron chi connectivity index (χ3n) is 3.17. The van der Waals surface area contributed by atoms with Crippen LogP contribution in [0, 0.1) is 0 Å². The van der Waals surface area contributed by atoms with Crippen molar-refractivity contribution < 1.29 is 0 Å². The molecule has 0 bridgehead atoms. The molecule has 20 heavy (non-hydrogen) atoms. The Labute approximate surface area is 133 Å². The van der Waals surface area contributed by atoms with Crippen LogP contribution in [0.1, 0.15) is 23.6 Å². The number of benzene rings is 2. The Morgan fingerprint density at radius 3 is 2.35 bits per heavy atom. The van der Waals surface area contributed by atoms with Crippen LogP contribution in [0.2, 0.25) is 0 Å². The molecule has 0 atom stereocenters. The molecule has 0 amide bonds. The molecule has 2 nitrogen and oxygen atoms in total. The van der Waals surface area contributed by atoms with Gasteiger partial charge in [-0.1, -0.05) is 43.4 Å². The first-order chi connectivity index (χ1) is 9.60. The van der Waals surface area contributed by atoms with E-state index in [9.17, 15) is 0 Å². The number of halogens is 1. The lowest BCUT2D eigenvalue weighted by Gasteiger charge is -2.10. The summed E-state index contributed by atoms with van der Waals surface area (Å²) in [7, 11) is 0. The summed E-state index contributed by atoms with van der Waals surface area (Å²) in [5.41, 5.74) is 10.1. The second-order valence-corrected chi connectivity index (χ2v) is 5.88. The Morgan fingerprint density at radius 1 is 1.15 bits per heavy atom. The SMILES string of the molecule is CCc1ccc(CNc2ccc(C(N)=S)cc2Br)cc1. The maximum Gasteiger partial charge on any atom is 0.104 e. The topological polar surface area (TPSA) is 38.0 Å². The minimum Gasteiger partial charge on any atom is -0.389 e. The van der Waals surface area contributed by atoms with Crippen molar-refractivity contribution in [2.75, 3.05) is 5.32 Å². The first-order valence-electron chi connectivity index (χ1n) is 6.51. The molecule has 0 aliphatic rings. The monoisotopic (exact) mass is 348 g/mol. The zero-order valence-electron chi connectivity index (χ0n) is 11.3. The number of rotatable bonds is 5. The van der Waals surface area contributed by atoms with Crippen LogP contribution >= 0.6 is 28.1 Å². The van der Waals surface area contributed by atoms with E-state index in [0.29, 0.717) is 4.99 Å². The summed E-state index contributed by atoms with van der Waals surface area (Å²) in [5, 5.41) is 3.40. The molecule has 0 saturated heterocycles. The molecule has 0 unspecified atom stereocenters. The van der Waals surface area contributed by atoms with Crippen LogP contribution < -0.4 is 11.1 Å². The lowest BCUT2D eigenvalue weighted by atomic mass is 10.1. The number of nitrogens with one attached hydrogen (secondary N) is 1. The molecule has 0 saturated carbocycles. The molecule has 0 fully saturated rings. The van der Waals surface area contributed by atoms with Crippen molar-refractivity contribution in [2.24, 2.45) is 5.73 Å². The number of hydrogen-bond donors (Lipinski definition) is 2. The maximum atomic E-state index is 5.62. The molecule has 104 valence electrons. The summed E-state index contributed by atoms with van der Waals surface area (Å²) >= 11 is 8.50. The molecule has 2 rings (SSSR count). The van der Waals surface area contributed by atoms with Gasteiger partial charge >= 0.3 is 0 Å². The molecule has 0 spiro atoms. The van der Waals surface area contributed by atoms with Gasteiger partial charge in [-0.05, 0) is 51.7 Å². The summed E-state index contributed by atoms with van der Waals surface area (Å²) < 4.78 is 0.966. The van der Waals surface area contributed by atoms with Gasteiger partial charge in [-0.15, -0.1) is 0 Å². The van der Waals surface area contributed by atoms with Gasteiger partial charge in [0, 0.05) is 22.3 Å². The largest absolute Gasteiger partial charge is 0.389 e. The van der Waals surface area contributed by atoms with Crippen molar-refractivity contribution in [3.63, 3.8) is 0 Å². The van der Waals surface area contributed by atoms with Crippen LogP contribution in [0.5, 0.6) is 0 Å². The lowest BCUT2D eigenvalue weighted by molar-refractivity contribution is 1.10. The standard InChI is InChI=1S/C16H17BrN2S/c1-2-11-3-5-12(6-4-11)10-19-15-8-7-13(16(18)20)9-14(15)17/h3-9,19H,2,10H2,1H3,(H2,18,20). The lowest BCUT2D eigenvalue weighted by Crippen LogP contribution is -2.09. The second-order valence-electron chi connectivity index (χ2n) is 4.58. The van der Waals surface area contributed by atoms with E-state index in [0.717, 1.165) is 28.7 Å². The highest BCUT2D eigenvalue weighted by Crippen LogP contribution is 2.24. The number of hydrogen-bond acceptors (Lipinski definition) is 2. The van der Waals surface area contributed by atoms with Crippen LogP contribution in [-0.2, 0) is 13.0 Å². The summed E-state index contributed by atoms with van der Waals surface area (Å²) in [6, 6.07) is 14.5. The Balaban J connectivity index is 2.04. The van der Waals surface area contributed by atoms with Crippen molar-refractivity contribution >= 4 is 38.8 Å². The van der Waals surface area contributed by atoms with E-state index in [1.807, 2.05) is 18.2 Å². The maximum absolute atomic E-state index is 5.62. The molecule has 0 heterocycles. The van der Waals surface area contributed by atoms with E-state index in [-0.39, 0.29) is 0 Å². The molecular formula is C16H17BrN2S. The first kappa shape index (κ1) is 15.0. The summed E-state index contributed by atoms with van der Waals surface area (Å²) in [6.45, 7) is 2.95. The Kier molecular flexibility index (Phi) is 5.15. The molecule has 3 N–H and O–H groups in total. The Hall–Kier alpha value is -1.39. The minimum atomic E-state index is 0.410. The van der Waals surface area contributed by atoms with E-state index in [2.05, 4.69) is 52.4 Å². The first-order valence-corrected chi connectivity index (χ1v) is 7.71. The van der Waals surface area contributed by atoms with Gasteiger partial charge < -0.3 is 11.1 Å². The average molecular weight is 349 g/mol. The molecule has 0 aromatic heterocycles. The highest BCUT2D eigenvalue weighted by atomic mass is 79.9. The molecule has 2 aromatic carbocycles. The van der Waals surface area contributed by atoms with Gasteiger partial charge in [0.2, 0.25) is 0 Å². The van der Waals surface area contributed by atoms with Gasteiger partial charge in [0.15, 0.2) is 0 Å².